The minimum absolute atomic E-state index is 0.0673. The lowest BCUT2D eigenvalue weighted by Crippen LogP contribution is -2.48. The van der Waals surface area contributed by atoms with Gasteiger partial charge in [0.1, 0.15) is 0 Å². The second-order valence-corrected chi connectivity index (χ2v) is 5.99. The minimum atomic E-state index is -3.13. The van der Waals surface area contributed by atoms with Gasteiger partial charge in [-0.1, -0.05) is 26.7 Å². The molecular weight excluding hydrogens is 203 g/mol. The number of fused-ring (bicyclic) bond motifs is 3. The molecule has 0 radical (unpaired) electrons. The number of hydrogen-bond donors (Lipinski definition) is 0. The summed E-state index contributed by atoms with van der Waals surface area (Å²) in [6.07, 6.45) is 2.26. The monoisotopic (exact) mass is 220 g/mol. The second kappa shape index (κ2) is 3.60. The summed E-state index contributed by atoms with van der Waals surface area (Å²) in [5, 5.41) is 0. The van der Waals surface area contributed by atoms with Crippen molar-refractivity contribution in [2.45, 2.75) is 26.7 Å². The van der Waals surface area contributed by atoms with Gasteiger partial charge in [0.05, 0.1) is 19.8 Å². The van der Waals surface area contributed by atoms with Crippen molar-refractivity contribution in [3.8, 4) is 0 Å². The molecule has 82 valence electrons. The molecule has 14 heavy (non-hydrogen) atoms. The van der Waals surface area contributed by atoms with Crippen LogP contribution in [0.4, 0.5) is 0 Å². The Hall–Kier alpha value is 0.110. The molecule has 5 heteroatoms. The van der Waals surface area contributed by atoms with E-state index in [1.165, 1.54) is 0 Å². The molecule has 0 aromatic rings. The highest BCUT2D eigenvalue weighted by molar-refractivity contribution is 7.48. The average molecular weight is 220 g/mol. The van der Waals surface area contributed by atoms with E-state index in [0.717, 1.165) is 12.8 Å². The Morgan fingerprint density at radius 1 is 1.29 bits per heavy atom. The van der Waals surface area contributed by atoms with Gasteiger partial charge in [-0.05, 0) is 5.92 Å². The summed E-state index contributed by atoms with van der Waals surface area (Å²) in [6.45, 7) is 5.90. The maximum atomic E-state index is 11.5. The van der Waals surface area contributed by atoms with Crippen molar-refractivity contribution in [1.29, 1.82) is 0 Å². The van der Waals surface area contributed by atoms with E-state index in [9.17, 15) is 4.57 Å². The van der Waals surface area contributed by atoms with Crippen LogP contribution in [0, 0.1) is 11.3 Å². The number of hydrogen-bond acceptors (Lipinski definition) is 4. The van der Waals surface area contributed by atoms with E-state index in [-0.39, 0.29) is 5.41 Å². The van der Waals surface area contributed by atoms with Gasteiger partial charge in [-0.3, -0.25) is 13.6 Å². The zero-order chi connectivity index (χ0) is 10.2. The lowest BCUT2D eigenvalue weighted by atomic mass is 9.76. The first kappa shape index (κ1) is 10.6. The van der Waals surface area contributed by atoms with Crippen LogP contribution in [-0.2, 0) is 18.1 Å². The summed E-state index contributed by atoms with van der Waals surface area (Å²) in [5.74, 6) is 0.488. The summed E-state index contributed by atoms with van der Waals surface area (Å²) in [7, 11) is -3.13. The summed E-state index contributed by atoms with van der Waals surface area (Å²) in [5.41, 5.74) is -0.0673. The molecule has 0 aromatic carbocycles. The SMILES string of the molecule is CCCC(C)C12COP(=O)(OC1)OC2. The van der Waals surface area contributed by atoms with Crippen molar-refractivity contribution in [2.75, 3.05) is 19.8 Å². The van der Waals surface area contributed by atoms with Crippen LogP contribution in [0.1, 0.15) is 26.7 Å². The fraction of sp³-hybridized carbons (Fsp3) is 1.00. The maximum Gasteiger partial charge on any atom is 0.474 e. The van der Waals surface area contributed by atoms with E-state index < -0.39 is 7.82 Å². The zero-order valence-corrected chi connectivity index (χ0v) is 9.59. The molecular formula is C9H17O4P. The molecule has 0 saturated carbocycles. The first-order valence-corrected chi connectivity index (χ1v) is 6.60. The standard InChI is InChI=1S/C9H17O4P/c1-3-4-8(2)9-5-11-14(10,12-6-9)13-7-9/h8H,3-7H2,1-2H3. The van der Waals surface area contributed by atoms with Gasteiger partial charge in [0, 0.05) is 5.41 Å². The normalized spacial score (nSPS) is 43.9. The zero-order valence-electron chi connectivity index (χ0n) is 8.69. The van der Waals surface area contributed by atoms with Crippen molar-refractivity contribution < 1.29 is 18.1 Å². The predicted molar refractivity (Wildman–Crippen MR) is 52.0 cm³/mol. The largest absolute Gasteiger partial charge is 0.474 e. The third kappa shape index (κ3) is 1.65. The molecule has 0 aliphatic carbocycles. The van der Waals surface area contributed by atoms with E-state index >= 15 is 0 Å². The summed E-state index contributed by atoms with van der Waals surface area (Å²) in [6, 6.07) is 0. The fourth-order valence-electron chi connectivity index (χ4n) is 2.03. The summed E-state index contributed by atoms with van der Waals surface area (Å²) < 4.78 is 26.9. The van der Waals surface area contributed by atoms with Gasteiger partial charge in [0.2, 0.25) is 0 Å². The molecule has 3 aliphatic heterocycles. The van der Waals surface area contributed by atoms with Crippen molar-refractivity contribution in [2.24, 2.45) is 11.3 Å². The van der Waals surface area contributed by atoms with Crippen molar-refractivity contribution in [3.63, 3.8) is 0 Å². The molecule has 1 atom stereocenters. The van der Waals surface area contributed by atoms with E-state index in [2.05, 4.69) is 13.8 Å². The minimum Gasteiger partial charge on any atom is -0.286 e. The number of rotatable bonds is 3. The van der Waals surface area contributed by atoms with Crippen molar-refractivity contribution in [1.82, 2.24) is 0 Å². The third-order valence-corrected chi connectivity index (χ3v) is 4.63. The molecule has 3 saturated heterocycles. The van der Waals surface area contributed by atoms with Gasteiger partial charge in [-0.2, -0.15) is 0 Å². The van der Waals surface area contributed by atoms with Crippen LogP contribution in [0.15, 0.2) is 0 Å². The molecule has 4 nitrogen and oxygen atoms in total. The highest BCUT2D eigenvalue weighted by atomic mass is 31.2. The molecule has 0 aromatic heterocycles. The first-order valence-electron chi connectivity index (χ1n) is 5.14. The van der Waals surface area contributed by atoms with Crippen LogP contribution < -0.4 is 0 Å². The molecule has 0 amide bonds. The van der Waals surface area contributed by atoms with E-state index in [0.29, 0.717) is 25.7 Å². The number of phosphoric acid groups is 1. The summed E-state index contributed by atoms with van der Waals surface area (Å²) >= 11 is 0. The highest BCUT2D eigenvalue weighted by Crippen LogP contribution is 2.61. The van der Waals surface area contributed by atoms with Crippen LogP contribution in [0.5, 0.6) is 0 Å². The lowest BCUT2D eigenvalue weighted by molar-refractivity contribution is -0.120. The van der Waals surface area contributed by atoms with Crippen LogP contribution in [-0.4, -0.2) is 19.8 Å². The molecule has 3 aliphatic rings. The smallest absolute Gasteiger partial charge is 0.286 e. The number of phosphoric ester groups is 1. The molecule has 2 bridgehead atoms. The van der Waals surface area contributed by atoms with Gasteiger partial charge in [-0.15, -0.1) is 0 Å². The van der Waals surface area contributed by atoms with Gasteiger partial charge in [-0.25, -0.2) is 4.57 Å². The van der Waals surface area contributed by atoms with E-state index in [4.69, 9.17) is 13.6 Å². The van der Waals surface area contributed by atoms with Gasteiger partial charge < -0.3 is 0 Å². The average Bonchev–Trinajstić information content (AvgIpc) is 2.20. The Morgan fingerprint density at radius 2 is 1.79 bits per heavy atom. The fourth-order valence-corrected chi connectivity index (χ4v) is 3.49. The van der Waals surface area contributed by atoms with Crippen molar-refractivity contribution >= 4 is 7.82 Å². The Morgan fingerprint density at radius 3 is 2.21 bits per heavy atom. The quantitative estimate of drug-likeness (QED) is 0.686. The third-order valence-electron chi connectivity index (χ3n) is 3.30. The predicted octanol–water partition coefficient (Wildman–Crippen LogP) is 2.59. The molecule has 1 unspecified atom stereocenters. The van der Waals surface area contributed by atoms with E-state index in [1.807, 2.05) is 0 Å². The molecule has 3 fully saturated rings. The molecule has 0 spiro atoms. The molecule has 0 N–H and O–H groups in total. The van der Waals surface area contributed by atoms with Gasteiger partial charge in [0.15, 0.2) is 0 Å². The van der Waals surface area contributed by atoms with Gasteiger partial charge in [0.25, 0.3) is 0 Å². The maximum absolute atomic E-state index is 11.5. The highest BCUT2D eigenvalue weighted by Gasteiger charge is 2.52. The van der Waals surface area contributed by atoms with Crippen LogP contribution in [0.25, 0.3) is 0 Å². The lowest BCUT2D eigenvalue weighted by Gasteiger charge is -2.47. The Labute approximate surface area is 84.5 Å². The summed E-state index contributed by atoms with van der Waals surface area (Å²) in [4.78, 5) is 0. The topological polar surface area (TPSA) is 44.8 Å². The Bertz CT molecular complexity index is 234. The van der Waals surface area contributed by atoms with E-state index in [1.54, 1.807) is 0 Å². The van der Waals surface area contributed by atoms with Crippen LogP contribution >= 0.6 is 7.82 Å². The first-order chi connectivity index (χ1) is 6.60. The van der Waals surface area contributed by atoms with Crippen LogP contribution in [0.2, 0.25) is 0 Å². The van der Waals surface area contributed by atoms with Crippen LogP contribution in [0.3, 0.4) is 0 Å². The Kier molecular flexibility index (Phi) is 2.73. The second-order valence-electron chi connectivity index (χ2n) is 4.32. The molecule has 3 rings (SSSR count). The van der Waals surface area contributed by atoms with Crippen molar-refractivity contribution in [3.05, 3.63) is 0 Å². The van der Waals surface area contributed by atoms with Gasteiger partial charge >= 0.3 is 7.82 Å². The molecule has 3 heterocycles. The Balaban J connectivity index is 2.08.